The van der Waals surface area contributed by atoms with Crippen molar-refractivity contribution in [1.29, 1.82) is 0 Å². The minimum Gasteiger partial charge on any atom is -0.537 e. The van der Waals surface area contributed by atoms with Gasteiger partial charge in [-0.3, -0.25) is 39.0 Å². The Morgan fingerprint density at radius 3 is 1.26 bits per heavy atom. The van der Waals surface area contributed by atoms with Gasteiger partial charge in [-0.05, 0) is 238 Å². The number of rotatable bonds is 25. The molecule has 4 N–H and O–H groups in total. The van der Waals surface area contributed by atoms with E-state index in [4.69, 9.17) is 24.9 Å². The van der Waals surface area contributed by atoms with E-state index >= 15 is 8.78 Å². The summed E-state index contributed by atoms with van der Waals surface area (Å²) in [6.45, 7) is 9.94. The van der Waals surface area contributed by atoms with Gasteiger partial charge < -0.3 is 30.2 Å². The van der Waals surface area contributed by atoms with Crippen LogP contribution in [0.5, 0.6) is 5.75 Å². The lowest BCUT2D eigenvalue weighted by molar-refractivity contribution is -0.156. The van der Waals surface area contributed by atoms with E-state index in [1.165, 1.54) is 67.9 Å². The summed E-state index contributed by atoms with van der Waals surface area (Å²) in [4.78, 5) is 89.5. The number of hydrogen-bond acceptors (Lipinski definition) is 21. The van der Waals surface area contributed by atoms with Gasteiger partial charge in [0, 0.05) is 141 Å². The standard InChI is InChI=1S/C31H22F6N6O.C27H25F2N3O2.C21H16F2N4.C18H19BrF2N2O2.C9H7BNO2/c32-18-6-15(7-19(33)10-18)8-24(27-21(12-38-14-40-27)17-4-3-16-2-1-5-39-23(16)9-17)41-25(44)13-43-29-26(28(42-43)30(34)35)20-11-22(20)31(29,36)37;1-27(2,3)34-25(33)13-20(9-17-10-21(28)14-22(29)11-17)26-23(15-30-16-32-26)19-7-6-18-5-4-8-31-24(18)12-19;22-16-6-13(7-17(23)10-16)8-19(24)21-18(11-25-12-27-21)15-4-3-14-2-1-5-26-20(14)9-15;1-18(2,3)25-16(24)7-12(17-15(19)9-22-10-23-17)4-11-5-13(20)8-14(21)6-11;12-10-13-8-4-3-7-2-1-5-11-9(7)6-8/h1-7,9-10,12,14,20,22,24,30H,8,11,13H2,(H,41,44);4-8,10-12,14-16,20H,9,13H2,1-3H3;1-7,9-12,19H,8,24H2;5-6,8-10,12H,4,7H2,1-3H3;1-6,12H/t20?,22?,24-;20-;19-;12-;/m0101./s1. The zero-order valence-corrected chi connectivity index (χ0v) is 78.9. The number of amides is 1. The number of esters is 2. The van der Waals surface area contributed by atoms with Crippen LogP contribution in [0.3, 0.4) is 0 Å². The maximum atomic E-state index is 15.1. The van der Waals surface area contributed by atoms with Gasteiger partial charge in [-0.2, -0.15) is 13.9 Å². The van der Waals surface area contributed by atoms with Crippen molar-refractivity contribution in [3.05, 3.63) is 382 Å². The van der Waals surface area contributed by atoms with Crippen LogP contribution in [0, 0.1) is 52.5 Å². The van der Waals surface area contributed by atoms with Crippen molar-refractivity contribution >= 4 is 85.1 Å². The summed E-state index contributed by atoms with van der Waals surface area (Å²) in [5.41, 5.74) is 14.6. The highest BCUT2D eigenvalue weighted by Crippen LogP contribution is 2.68. The van der Waals surface area contributed by atoms with Crippen LogP contribution in [0.1, 0.15) is 159 Å². The molecule has 0 spiro atoms. The van der Waals surface area contributed by atoms with Gasteiger partial charge in [0.25, 0.3) is 12.3 Å². The molecule has 8 aromatic carbocycles. The molecule has 1 radical (unpaired) electrons. The molecule has 729 valence electrons. The molecule has 9 heterocycles. The Labute approximate surface area is 820 Å². The SMILES string of the molecule is CC(C)(C)OC(=O)C[C@@H](Cc1cc(F)cc(F)c1)c1ncncc1-c1ccc2cccnc2c1.CC(C)(C)OC(=O)C[C@@H](Cc1cc(F)cc(F)c1)c1ncncc1Br.N[C@@H](Cc1cc(F)cc(F)c1)c1ncncc1-c1ccc2cccnc2c1.O=C(Cn1nc(C(F)F)c2c1C(F)(F)C1CC21)N[C@@H](Cc1cc(F)cc(F)c1)c1ncncc1-c1ccc2cccnc2c1.O[B]Oc1ccc2cccnc2c1. The number of carbonyl (C=O) groups is 3. The second-order valence-electron chi connectivity index (χ2n) is 35.8. The predicted molar refractivity (Wildman–Crippen MR) is 515 cm³/mol. The van der Waals surface area contributed by atoms with Crippen molar-refractivity contribution in [3.63, 3.8) is 0 Å². The van der Waals surface area contributed by atoms with E-state index in [2.05, 4.69) is 86.2 Å². The topological polar surface area (TPSA) is 310 Å². The molecule has 1 amide bonds. The lowest BCUT2D eigenvalue weighted by Crippen LogP contribution is -2.35. The minimum atomic E-state index is -3.40. The number of pyridine rings is 4. The molecule has 19 rings (SSSR count). The Morgan fingerprint density at radius 1 is 0.469 bits per heavy atom. The van der Waals surface area contributed by atoms with Crippen LogP contribution in [-0.4, -0.2) is 111 Å². The average molecular weight is 2020 g/mol. The van der Waals surface area contributed by atoms with E-state index in [1.54, 1.807) is 115 Å². The Balaban J connectivity index is 0.000000140. The van der Waals surface area contributed by atoms with Crippen LogP contribution in [0.2, 0.25) is 0 Å². The summed E-state index contributed by atoms with van der Waals surface area (Å²) in [6, 6.07) is 49.2. The van der Waals surface area contributed by atoms with Crippen molar-refractivity contribution in [2.75, 3.05) is 0 Å². The van der Waals surface area contributed by atoms with Gasteiger partial charge in [0.1, 0.15) is 107 Å². The van der Waals surface area contributed by atoms with Crippen molar-refractivity contribution in [3.8, 4) is 39.1 Å². The van der Waals surface area contributed by atoms with E-state index in [-0.39, 0.29) is 61.8 Å². The summed E-state index contributed by atoms with van der Waals surface area (Å²) < 4.78 is 185. The molecule has 37 heteroatoms. The molecule has 9 aromatic heterocycles. The van der Waals surface area contributed by atoms with Crippen LogP contribution in [0.15, 0.2) is 273 Å². The normalized spacial score (nSPS) is 14.2. The number of benzene rings is 8. The number of ether oxygens (including phenoxy) is 2. The smallest absolute Gasteiger partial charge is 0.537 e. The van der Waals surface area contributed by atoms with Crippen molar-refractivity contribution in [2.45, 2.75) is 146 Å². The highest BCUT2D eigenvalue weighted by Gasteiger charge is 2.67. The van der Waals surface area contributed by atoms with Crippen LogP contribution in [0.25, 0.3) is 77.0 Å². The second-order valence-corrected chi connectivity index (χ2v) is 36.7. The van der Waals surface area contributed by atoms with Gasteiger partial charge >= 0.3 is 19.6 Å². The van der Waals surface area contributed by atoms with Crippen molar-refractivity contribution < 1.29 is 86.2 Å². The molecular weight excluding hydrogens is 1930 g/mol. The highest BCUT2D eigenvalue weighted by atomic mass is 79.9. The quantitative estimate of drug-likeness (QED) is 0.0272. The van der Waals surface area contributed by atoms with E-state index in [0.717, 1.165) is 90.7 Å². The van der Waals surface area contributed by atoms with Crippen LogP contribution < -0.4 is 15.7 Å². The molecule has 1 saturated carbocycles. The van der Waals surface area contributed by atoms with E-state index < -0.39 is 142 Å². The molecule has 17 aromatic rings. The summed E-state index contributed by atoms with van der Waals surface area (Å²) in [7, 11) is 0.657. The summed E-state index contributed by atoms with van der Waals surface area (Å²) in [5, 5.41) is 18.8. The largest absolute Gasteiger partial charge is 0.569 e. The average Bonchev–Trinajstić information content (AvgIpc) is 1.52. The molecule has 2 aliphatic carbocycles. The molecule has 6 atom stereocenters. The summed E-state index contributed by atoms with van der Waals surface area (Å²) in [5.74, 6) is -12.8. The van der Waals surface area contributed by atoms with Gasteiger partial charge in [0.15, 0.2) is 0 Å². The number of nitrogens with two attached hydrogens (primary N) is 1. The number of alkyl halides is 4. The van der Waals surface area contributed by atoms with Gasteiger partial charge in [0.05, 0.1) is 74.2 Å². The first-order valence-corrected chi connectivity index (χ1v) is 45.6. The first-order valence-electron chi connectivity index (χ1n) is 44.8. The van der Waals surface area contributed by atoms with Crippen LogP contribution in [-0.2, 0) is 62.0 Å². The fourth-order valence-corrected chi connectivity index (χ4v) is 17.6. The second kappa shape index (κ2) is 45.1. The fourth-order valence-electron chi connectivity index (χ4n) is 17.0. The zero-order valence-electron chi connectivity index (χ0n) is 77.3. The zero-order chi connectivity index (χ0) is 102. The maximum absolute atomic E-state index is 15.1. The van der Waals surface area contributed by atoms with Gasteiger partial charge in [-0.1, -0.05) is 60.7 Å². The Hall–Kier alpha value is -15.2. The van der Waals surface area contributed by atoms with Crippen molar-refractivity contribution in [1.82, 2.24) is 74.9 Å². The van der Waals surface area contributed by atoms with E-state index in [0.29, 0.717) is 79.1 Å². The molecular formula is C106H89BBrF12N16O7. The highest BCUT2D eigenvalue weighted by molar-refractivity contribution is 9.10. The molecule has 1 fully saturated rings. The number of nitrogens with zero attached hydrogens (tertiary/aromatic N) is 14. The third-order valence-electron chi connectivity index (χ3n) is 22.9. The number of aromatic nitrogens is 14. The predicted octanol–water partition coefficient (Wildman–Crippen LogP) is 22.4. The first kappa shape index (κ1) is 102. The minimum absolute atomic E-state index is 0.00868. The summed E-state index contributed by atoms with van der Waals surface area (Å²) >= 11 is 3.37. The van der Waals surface area contributed by atoms with E-state index in [9.17, 15) is 58.3 Å². The third-order valence-corrected chi connectivity index (χ3v) is 23.5. The molecule has 0 saturated heterocycles. The van der Waals surface area contributed by atoms with Crippen LogP contribution >= 0.6 is 15.9 Å². The number of halogens is 13. The monoisotopic (exact) mass is 2020 g/mol. The third kappa shape index (κ3) is 26.7. The number of hydrogen-bond donors (Lipinski definition) is 3. The van der Waals surface area contributed by atoms with Crippen LogP contribution in [0.4, 0.5) is 52.7 Å². The number of fused-ring (bicyclic) bond motifs is 7. The Morgan fingerprint density at radius 2 is 0.839 bits per heavy atom. The number of carbonyl (C=O) groups excluding carboxylic acids is 3. The number of nitrogens with one attached hydrogen (secondary N) is 1. The van der Waals surface area contributed by atoms with Gasteiger partial charge in [0.2, 0.25) is 5.91 Å². The molecule has 143 heavy (non-hydrogen) atoms. The molecule has 0 aliphatic heterocycles. The molecule has 23 nitrogen and oxygen atoms in total. The molecule has 2 unspecified atom stereocenters. The van der Waals surface area contributed by atoms with Gasteiger partial charge in [-0.25, -0.2) is 83.8 Å². The lowest BCUT2D eigenvalue weighted by Gasteiger charge is -2.23. The first-order chi connectivity index (χ1) is 68.4. The molecule has 0 bridgehead atoms. The fraction of sp³-hybridized carbons (Fsp3) is 0.226. The molecule has 2 aliphatic rings. The van der Waals surface area contributed by atoms with Gasteiger partial charge in [-0.15, -0.1) is 0 Å². The van der Waals surface area contributed by atoms with Crippen molar-refractivity contribution in [2.24, 2.45) is 11.7 Å². The Bertz CT molecular complexity index is 7420. The Kier molecular flexibility index (Phi) is 32.2. The van der Waals surface area contributed by atoms with E-state index in [1.807, 2.05) is 91.0 Å². The lowest BCUT2D eigenvalue weighted by atomic mass is 9.88. The maximum Gasteiger partial charge on any atom is 0.569 e. The summed E-state index contributed by atoms with van der Waals surface area (Å²) in [6.07, 6.45) is 16.3.